The minimum absolute atomic E-state index is 0.0433. The molecule has 0 unspecified atom stereocenters. The molecule has 19 heavy (non-hydrogen) atoms. The third-order valence-corrected chi connectivity index (χ3v) is 2.94. The van der Waals surface area contributed by atoms with E-state index in [2.05, 4.69) is 5.32 Å². The second-order valence-electron chi connectivity index (χ2n) is 3.81. The van der Waals surface area contributed by atoms with Crippen molar-refractivity contribution in [3.63, 3.8) is 0 Å². The first-order chi connectivity index (χ1) is 9.00. The Morgan fingerprint density at radius 3 is 2.47 bits per heavy atom. The lowest BCUT2D eigenvalue weighted by Crippen LogP contribution is -2.03. The maximum absolute atomic E-state index is 13.5. The Labute approximate surface area is 112 Å². The van der Waals surface area contributed by atoms with Crippen LogP contribution in [0, 0.1) is 17.5 Å². The first-order valence-corrected chi connectivity index (χ1v) is 5.72. The summed E-state index contributed by atoms with van der Waals surface area (Å²) in [4.78, 5) is 0. The number of halogens is 4. The van der Waals surface area contributed by atoms with E-state index in [9.17, 15) is 18.3 Å². The van der Waals surface area contributed by atoms with Crippen molar-refractivity contribution in [2.24, 2.45) is 0 Å². The predicted molar refractivity (Wildman–Crippen MR) is 66.8 cm³/mol. The van der Waals surface area contributed by atoms with Crippen LogP contribution in [0.5, 0.6) is 5.75 Å². The van der Waals surface area contributed by atoms with Crippen LogP contribution in [0.15, 0.2) is 30.3 Å². The van der Waals surface area contributed by atoms with Crippen molar-refractivity contribution in [3.8, 4) is 5.75 Å². The molecule has 0 atom stereocenters. The van der Waals surface area contributed by atoms with Gasteiger partial charge in [-0.2, -0.15) is 4.39 Å². The highest BCUT2D eigenvalue weighted by atomic mass is 35.5. The van der Waals surface area contributed by atoms with Gasteiger partial charge < -0.3 is 10.4 Å². The Balaban J connectivity index is 2.22. The third kappa shape index (κ3) is 2.76. The first kappa shape index (κ1) is 13.5. The van der Waals surface area contributed by atoms with E-state index in [4.69, 9.17) is 11.6 Å². The van der Waals surface area contributed by atoms with Crippen molar-refractivity contribution in [1.82, 2.24) is 0 Å². The molecule has 0 radical (unpaired) electrons. The maximum atomic E-state index is 13.5. The maximum Gasteiger partial charge on any atom is 0.202 e. The number of rotatable bonds is 3. The van der Waals surface area contributed by atoms with E-state index in [1.165, 1.54) is 18.2 Å². The molecule has 2 rings (SSSR count). The van der Waals surface area contributed by atoms with Gasteiger partial charge in [0.15, 0.2) is 11.6 Å². The summed E-state index contributed by atoms with van der Waals surface area (Å²) in [6.45, 7) is -0.0653. The average molecular weight is 288 g/mol. The fourth-order valence-electron chi connectivity index (χ4n) is 1.57. The average Bonchev–Trinajstić information content (AvgIpc) is 2.38. The van der Waals surface area contributed by atoms with Gasteiger partial charge in [-0.1, -0.05) is 17.7 Å². The Hall–Kier alpha value is -1.88. The van der Waals surface area contributed by atoms with Crippen molar-refractivity contribution in [1.29, 1.82) is 0 Å². The molecule has 100 valence electrons. The minimum Gasteiger partial charge on any atom is -0.503 e. The number of hydrogen-bond acceptors (Lipinski definition) is 2. The van der Waals surface area contributed by atoms with Crippen LogP contribution in [-0.2, 0) is 6.54 Å². The lowest BCUT2D eigenvalue weighted by molar-refractivity contribution is 0.409. The first-order valence-electron chi connectivity index (χ1n) is 5.34. The SMILES string of the molecule is Oc1c(NCc2c(F)cccc2Cl)ccc(F)c1F. The summed E-state index contributed by atoms with van der Waals surface area (Å²) in [7, 11) is 0. The molecule has 0 saturated carbocycles. The fraction of sp³-hybridized carbons (Fsp3) is 0.0769. The number of aromatic hydroxyl groups is 1. The van der Waals surface area contributed by atoms with Crippen molar-refractivity contribution >= 4 is 17.3 Å². The van der Waals surface area contributed by atoms with Crippen molar-refractivity contribution in [2.45, 2.75) is 6.54 Å². The van der Waals surface area contributed by atoms with Crippen LogP contribution in [0.25, 0.3) is 0 Å². The fourth-order valence-corrected chi connectivity index (χ4v) is 1.80. The number of hydrogen-bond donors (Lipinski definition) is 2. The summed E-state index contributed by atoms with van der Waals surface area (Å²) in [5.41, 5.74) is 0.131. The Kier molecular flexibility index (Phi) is 3.85. The second kappa shape index (κ2) is 5.40. The zero-order valence-corrected chi connectivity index (χ0v) is 10.3. The van der Waals surface area contributed by atoms with Gasteiger partial charge in [-0.3, -0.25) is 0 Å². The zero-order chi connectivity index (χ0) is 14.0. The molecule has 2 nitrogen and oxygen atoms in total. The highest BCUT2D eigenvalue weighted by Crippen LogP contribution is 2.29. The van der Waals surface area contributed by atoms with E-state index in [0.29, 0.717) is 0 Å². The molecule has 2 aromatic carbocycles. The van der Waals surface area contributed by atoms with Gasteiger partial charge >= 0.3 is 0 Å². The van der Waals surface area contributed by atoms with E-state index in [1.54, 1.807) is 0 Å². The van der Waals surface area contributed by atoms with Crippen LogP contribution < -0.4 is 5.32 Å². The molecule has 0 aliphatic carbocycles. The van der Waals surface area contributed by atoms with Crippen LogP contribution >= 0.6 is 11.6 Å². The third-order valence-electron chi connectivity index (χ3n) is 2.59. The van der Waals surface area contributed by atoms with Crippen LogP contribution in [-0.4, -0.2) is 5.11 Å². The van der Waals surface area contributed by atoms with Gasteiger partial charge in [0.2, 0.25) is 5.82 Å². The lowest BCUT2D eigenvalue weighted by atomic mass is 10.2. The van der Waals surface area contributed by atoms with Crippen molar-refractivity contribution in [2.75, 3.05) is 5.32 Å². The van der Waals surface area contributed by atoms with Crippen molar-refractivity contribution in [3.05, 3.63) is 58.4 Å². The van der Waals surface area contributed by atoms with Gasteiger partial charge in [-0.15, -0.1) is 0 Å². The highest BCUT2D eigenvalue weighted by molar-refractivity contribution is 6.31. The van der Waals surface area contributed by atoms with E-state index in [0.717, 1.165) is 12.1 Å². The molecule has 2 aromatic rings. The molecule has 0 fully saturated rings. The summed E-state index contributed by atoms with van der Waals surface area (Å²) in [6, 6.07) is 6.21. The number of phenolic OH excluding ortho intramolecular Hbond substituents is 1. The Bertz CT molecular complexity index is 599. The van der Waals surface area contributed by atoms with Crippen LogP contribution in [0.1, 0.15) is 5.56 Å². The van der Waals surface area contributed by atoms with Gasteiger partial charge in [-0.05, 0) is 24.3 Å². The quantitative estimate of drug-likeness (QED) is 0.834. The Morgan fingerprint density at radius 2 is 1.79 bits per heavy atom. The molecule has 0 saturated heterocycles. The van der Waals surface area contributed by atoms with E-state index in [-0.39, 0.29) is 22.8 Å². The molecule has 0 amide bonds. The monoisotopic (exact) mass is 287 g/mol. The molecular formula is C13H9ClF3NO. The summed E-state index contributed by atoms with van der Waals surface area (Å²) in [6.07, 6.45) is 0. The summed E-state index contributed by atoms with van der Waals surface area (Å²) in [5.74, 6) is -3.90. The smallest absolute Gasteiger partial charge is 0.202 e. The summed E-state index contributed by atoms with van der Waals surface area (Å²) >= 11 is 5.82. The van der Waals surface area contributed by atoms with Crippen LogP contribution in [0.4, 0.5) is 18.9 Å². The second-order valence-corrected chi connectivity index (χ2v) is 4.22. The molecule has 0 bridgehead atoms. The van der Waals surface area contributed by atoms with E-state index in [1.807, 2.05) is 0 Å². The Morgan fingerprint density at radius 1 is 1.05 bits per heavy atom. The summed E-state index contributed by atoms with van der Waals surface area (Å²) < 4.78 is 39.4. The van der Waals surface area contributed by atoms with Gasteiger partial charge in [0.1, 0.15) is 5.82 Å². The van der Waals surface area contributed by atoms with Crippen LogP contribution in [0.2, 0.25) is 5.02 Å². The number of anilines is 1. The molecule has 0 heterocycles. The van der Waals surface area contributed by atoms with Crippen LogP contribution in [0.3, 0.4) is 0 Å². The highest BCUT2D eigenvalue weighted by Gasteiger charge is 2.13. The molecule has 0 aliphatic heterocycles. The predicted octanol–water partition coefficient (Wildman–Crippen LogP) is 4.08. The molecule has 0 spiro atoms. The van der Waals surface area contributed by atoms with Gasteiger partial charge in [-0.25, -0.2) is 8.78 Å². The number of phenols is 1. The van der Waals surface area contributed by atoms with Gasteiger partial charge in [0.05, 0.1) is 5.69 Å². The normalized spacial score (nSPS) is 10.5. The minimum atomic E-state index is -1.36. The summed E-state index contributed by atoms with van der Waals surface area (Å²) in [5, 5.41) is 12.2. The molecule has 2 N–H and O–H groups in total. The lowest BCUT2D eigenvalue weighted by Gasteiger charge is -2.11. The largest absolute Gasteiger partial charge is 0.503 e. The molecule has 0 aliphatic rings. The van der Waals surface area contributed by atoms with Gasteiger partial charge in [0.25, 0.3) is 0 Å². The van der Waals surface area contributed by atoms with Gasteiger partial charge in [0, 0.05) is 17.1 Å². The van der Waals surface area contributed by atoms with E-state index >= 15 is 0 Å². The zero-order valence-electron chi connectivity index (χ0n) is 9.55. The molecule has 6 heteroatoms. The van der Waals surface area contributed by atoms with E-state index < -0.39 is 23.2 Å². The number of benzene rings is 2. The molecular weight excluding hydrogens is 279 g/mol. The number of nitrogens with one attached hydrogen (secondary N) is 1. The van der Waals surface area contributed by atoms with Crippen molar-refractivity contribution < 1.29 is 18.3 Å². The standard InChI is InChI=1S/C13H9ClF3NO/c14-8-2-1-3-9(15)7(8)6-18-11-5-4-10(16)12(17)13(11)19/h1-5,18-19H,6H2. The molecule has 0 aromatic heterocycles. The topological polar surface area (TPSA) is 32.3 Å².